The van der Waals surface area contributed by atoms with Gasteiger partial charge in [0.15, 0.2) is 11.5 Å². The Labute approximate surface area is 142 Å². The van der Waals surface area contributed by atoms with Gasteiger partial charge < -0.3 is 0 Å². The van der Waals surface area contributed by atoms with Crippen molar-refractivity contribution in [1.29, 1.82) is 0 Å². The summed E-state index contributed by atoms with van der Waals surface area (Å²) < 4.78 is 1.43. The van der Waals surface area contributed by atoms with E-state index >= 15 is 0 Å². The lowest BCUT2D eigenvalue weighted by atomic mass is 9.97. The van der Waals surface area contributed by atoms with Gasteiger partial charge in [0.1, 0.15) is 4.83 Å². The van der Waals surface area contributed by atoms with Crippen molar-refractivity contribution in [1.82, 2.24) is 19.6 Å². The number of nitrogens with zero attached hydrogens (tertiary/aromatic N) is 3. The molecule has 1 aliphatic rings. The van der Waals surface area contributed by atoms with E-state index in [0.29, 0.717) is 17.9 Å². The summed E-state index contributed by atoms with van der Waals surface area (Å²) in [6, 6.07) is 10.1. The summed E-state index contributed by atoms with van der Waals surface area (Å²) in [6.07, 6.45) is 5.24. The van der Waals surface area contributed by atoms with Crippen molar-refractivity contribution in [3.8, 4) is 0 Å². The van der Waals surface area contributed by atoms with Gasteiger partial charge in [-0.05, 0) is 36.8 Å². The third-order valence-corrected chi connectivity index (χ3v) is 5.87. The molecule has 5 rings (SSSR count). The molecule has 4 aromatic rings. The quantitative estimate of drug-likeness (QED) is 0.612. The fourth-order valence-electron chi connectivity index (χ4n) is 3.55. The monoisotopic (exact) mass is 336 g/mol. The number of nitrogens with one attached hydrogen (secondary N) is 1. The Morgan fingerprint density at radius 1 is 1.17 bits per heavy atom. The Balaban J connectivity index is 1.73. The van der Waals surface area contributed by atoms with Crippen LogP contribution in [0.4, 0.5) is 0 Å². The molecule has 0 fully saturated rings. The van der Waals surface area contributed by atoms with Crippen LogP contribution in [0.25, 0.3) is 15.9 Å². The number of aromatic nitrogens is 4. The zero-order chi connectivity index (χ0) is 16.1. The van der Waals surface area contributed by atoms with Gasteiger partial charge in [0, 0.05) is 11.3 Å². The zero-order valence-corrected chi connectivity index (χ0v) is 13.9. The predicted molar refractivity (Wildman–Crippen MR) is 94.9 cm³/mol. The van der Waals surface area contributed by atoms with Gasteiger partial charge in [-0.25, -0.2) is 9.78 Å². The second-order valence-corrected chi connectivity index (χ2v) is 7.38. The van der Waals surface area contributed by atoms with E-state index in [9.17, 15) is 4.79 Å². The average Bonchev–Trinajstić information content (AvgIpc) is 3.16. The summed E-state index contributed by atoms with van der Waals surface area (Å²) in [5, 5.41) is 5.55. The number of aromatic amines is 1. The number of hydrogen-bond acceptors (Lipinski definition) is 4. The minimum absolute atomic E-state index is 0.206. The molecule has 0 bridgehead atoms. The zero-order valence-electron chi connectivity index (χ0n) is 13.1. The van der Waals surface area contributed by atoms with Crippen LogP contribution < -0.4 is 5.69 Å². The molecule has 0 spiro atoms. The second-order valence-electron chi connectivity index (χ2n) is 6.27. The van der Waals surface area contributed by atoms with Crippen LogP contribution in [0.2, 0.25) is 0 Å². The van der Waals surface area contributed by atoms with E-state index in [4.69, 9.17) is 4.98 Å². The molecular weight excluding hydrogens is 320 g/mol. The van der Waals surface area contributed by atoms with E-state index in [-0.39, 0.29) is 5.69 Å². The van der Waals surface area contributed by atoms with Crippen molar-refractivity contribution in [2.24, 2.45) is 0 Å². The highest BCUT2D eigenvalue weighted by Gasteiger charge is 2.21. The summed E-state index contributed by atoms with van der Waals surface area (Å²) in [6.45, 7) is 0. The molecule has 0 aliphatic heterocycles. The Morgan fingerprint density at radius 3 is 2.88 bits per heavy atom. The van der Waals surface area contributed by atoms with Crippen molar-refractivity contribution in [2.45, 2.75) is 32.1 Å². The first-order valence-electron chi connectivity index (χ1n) is 8.26. The lowest BCUT2D eigenvalue weighted by molar-refractivity contribution is 0.700. The number of aryl methyl sites for hydroxylation is 2. The third-order valence-electron chi connectivity index (χ3n) is 4.66. The molecule has 5 nitrogen and oxygen atoms in total. The fraction of sp³-hybridized carbons (Fsp3) is 0.278. The van der Waals surface area contributed by atoms with Crippen LogP contribution in [-0.4, -0.2) is 19.6 Å². The van der Waals surface area contributed by atoms with Crippen molar-refractivity contribution in [3.63, 3.8) is 0 Å². The highest BCUT2D eigenvalue weighted by atomic mass is 32.1. The molecule has 120 valence electrons. The van der Waals surface area contributed by atoms with Crippen LogP contribution in [0.1, 0.15) is 34.7 Å². The van der Waals surface area contributed by atoms with E-state index in [1.165, 1.54) is 27.8 Å². The number of thiophene rings is 1. The number of rotatable bonds is 2. The normalized spacial score (nSPS) is 14.3. The SMILES string of the molecule is O=c1[nH]c2sc3c(c2c2nc(Cc4ccccc4)nn12)CCCC3. The first-order valence-corrected chi connectivity index (χ1v) is 9.07. The molecule has 0 atom stereocenters. The Morgan fingerprint density at radius 2 is 2.00 bits per heavy atom. The predicted octanol–water partition coefficient (Wildman–Crippen LogP) is 3.10. The van der Waals surface area contributed by atoms with E-state index in [1.807, 2.05) is 18.2 Å². The molecule has 0 radical (unpaired) electrons. The first-order chi connectivity index (χ1) is 11.8. The number of benzene rings is 1. The molecular formula is C18H16N4OS. The summed E-state index contributed by atoms with van der Waals surface area (Å²) in [4.78, 5) is 22.4. The molecule has 0 saturated carbocycles. The maximum atomic E-state index is 12.4. The fourth-order valence-corrected chi connectivity index (χ4v) is 4.83. The highest BCUT2D eigenvalue weighted by molar-refractivity contribution is 7.19. The van der Waals surface area contributed by atoms with Crippen LogP contribution in [-0.2, 0) is 19.3 Å². The number of fused-ring (bicyclic) bond motifs is 5. The van der Waals surface area contributed by atoms with Crippen LogP contribution in [0.3, 0.4) is 0 Å². The van der Waals surface area contributed by atoms with E-state index in [1.54, 1.807) is 11.3 Å². The summed E-state index contributed by atoms with van der Waals surface area (Å²) in [5.74, 6) is 0.690. The topological polar surface area (TPSA) is 63.0 Å². The van der Waals surface area contributed by atoms with Crippen LogP contribution in [0, 0.1) is 0 Å². The minimum Gasteiger partial charge on any atom is -0.297 e. The highest BCUT2D eigenvalue weighted by Crippen LogP contribution is 2.36. The summed E-state index contributed by atoms with van der Waals surface area (Å²) in [7, 11) is 0. The molecule has 0 unspecified atom stereocenters. The van der Waals surface area contributed by atoms with Gasteiger partial charge in [0.25, 0.3) is 0 Å². The summed E-state index contributed by atoms with van der Waals surface area (Å²) >= 11 is 1.71. The molecule has 3 heterocycles. The Hall–Kier alpha value is -2.47. The van der Waals surface area contributed by atoms with Crippen molar-refractivity contribution >= 4 is 27.2 Å². The van der Waals surface area contributed by atoms with Gasteiger partial charge in [-0.2, -0.15) is 4.52 Å². The van der Waals surface area contributed by atoms with Gasteiger partial charge in [0.05, 0.1) is 5.39 Å². The van der Waals surface area contributed by atoms with Gasteiger partial charge in [-0.3, -0.25) is 4.98 Å². The van der Waals surface area contributed by atoms with Crippen LogP contribution in [0.5, 0.6) is 0 Å². The molecule has 6 heteroatoms. The third kappa shape index (κ3) is 2.10. The lowest BCUT2D eigenvalue weighted by Crippen LogP contribution is -2.17. The second kappa shape index (κ2) is 5.27. The summed E-state index contributed by atoms with van der Waals surface area (Å²) in [5.41, 5.74) is 3.01. The van der Waals surface area contributed by atoms with E-state index in [2.05, 4.69) is 22.2 Å². The van der Waals surface area contributed by atoms with Gasteiger partial charge in [0.2, 0.25) is 0 Å². The Bertz CT molecular complexity index is 1110. The van der Waals surface area contributed by atoms with Crippen LogP contribution >= 0.6 is 11.3 Å². The van der Waals surface area contributed by atoms with Crippen LogP contribution in [0.15, 0.2) is 35.1 Å². The van der Waals surface area contributed by atoms with Crippen molar-refractivity contribution in [3.05, 3.63) is 62.6 Å². The van der Waals surface area contributed by atoms with E-state index < -0.39 is 0 Å². The minimum atomic E-state index is -0.206. The first kappa shape index (κ1) is 13.9. The van der Waals surface area contributed by atoms with Gasteiger partial charge in [-0.15, -0.1) is 16.4 Å². The smallest absolute Gasteiger partial charge is 0.297 e. The molecule has 1 aromatic carbocycles. The number of hydrogen-bond donors (Lipinski definition) is 1. The van der Waals surface area contributed by atoms with Crippen molar-refractivity contribution in [2.75, 3.05) is 0 Å². The lowest BCUT2D eigenvalue weighted by Gasteiger charge is -2.09. The molecule has 1 N–H and O–H groups in total. The molecule has 0 saturated heterocycles. The van der Waals surface area contributed by atoms with Gasteiger partial charge >= 0.3 is 5.69 Å². The van der Waals surface area contributed by atoms with Gasteiger partial charge in [-0.1, -0.05) is 30.3 Å². The largest absolute Gasteiger partial charge is 0.349 e. The van der Waals surface area contributed by atoms with Crippen molar-refractivity contribution < 1.29 is 0 Å². The maximum absolute atomic E-state index is 12.4. The van der Waals surface area contributed by atoms with E-state index in [0.717, 1.165) is 28.6 Å². The standard InChI is InChI=1S/C18H16N4OS/c23-18-20-17-15(12-8-4-5-9-13(12)24-17)16-19-14(21-22(16)18)10-11-6-2-1-3-7-11/h1-3,6-7H,4-5,8-10H2,(H,20,23). The molecule has 0 amide bonds. The molecule has 3 aromatic heterocycles. The number of H-pyrrole nitrogens is 1. The molecule has 1 aliphatic carbocycles. The average molecular weight is 336 g/mol. The molecule has 24 heavy (non-hydrogen) atoms. The maximum Gasteiger partial charge on any atom is 0.349 e. The Kier molecular flexibility index (Phi) is 3.06.